The molecule has 4 aromatic carbocycles. The number of H-pyrrole nitrogens is 1. The molecule has 2 aliphatic rings. The van der Waals surface area contributed by atoms with E-state index in [-0.39, 0.29) is 121 Å². The van der Waals surface area contributed by atoms with E-state index in [0.29, 0.717) is 42.4 Å². The van der Waals surface area contributed by atoms with E-state index in [4.69, 9.17) is 28.7 Å². The van der Waals surface area contributed by atoms with Crippen LogP contribution < -0.4 is 81.8 Å². The van der Waals surface area contributed by atoms with E-state index in [9.17, 15) is 53.1 Å². The minimum absolute atomic E-state index is 0.0118. The number of guanidine groups is 1. The number of primary amides is 1. The molecule has 14 atom stereocenters. The number of aliphatic hydroxyl groups excluding tert-OH is 1. The Morgan fingerprint density at radius 3 is 1.41 bits per heavy atom. The lowest BCUT2D eigenvalue weighted by Crippen LogP contribution is -2.62. The first-order valence-electron chi connectivity index (χ1n) is 41.5. The van der Waals surface area contributed by atoms with Crippen molar-refractivity contribution in [2.75, 3.05) is 32.8 Å². The quantitative estimate of drug-likeness (QED) is 0.0147. The van der Waals surface area contributed by atoms with Gasteiger partial charge in [0.05, 0.1) is 12.6 Å². The van der Waals surface area contributed by atoms with Crippen LogP contribution in [0.2, 0.25) is 0 Å². The largest absolute Gasteiger partial charge is 0.394 e. The Kier molecular flexibility index (Phi) is 37.7. The molecule has 33 nitrogen and oxygen atoms in total. The summed E-state index contributed by atoms with van der Waals surface area (Å²) in [5, 5.41) is 39.6. The van der Waals surface area contributed by atoms with Gasteiger partial charge in [-0.25, -0.2) is 0 Å². The van der Waals surface area contributed by atoms with Crippen LogP contribution >= 0.6 is 0 Å². The number of aromatic nitrogens is 1. The maximum atomic E-state index is 15.2. The van der Waals surface area contributed by atoms with Crippen LogP contribution in [0.5, 0.6) is 0 Å². The van der Waals surface area contributed by atoms with Crippen molar-refractivity contribution in [2.24, 2.45) is 57.3 Å². The van der Waals surface area contributed by atoms with Crippen LogP contribution in [-0.4, -0.2) is 214 Å². The average molecular weight is 1650 g/mol. The Morgan fingerprint density at radius 1 is 0.471 bits per heavy atom. The average Bonchev–Trinajstić information content (AvgIpc) is 1.71. The summed E-state index contributed by atoms with van der Waals surface area (Å²) in [5.41, 5.74) is 32.5. The minimum Gasteiger partial charge on any atom is -0.394 e. The number of rotatable bonds is 47. The molecule has 0 spiro atoms. The van der Waals surface area contributed by atoms with Crippen molar-refractivity contribution in [3.8, 4) is 0 Å². The summed E-state index contributed by atoms with van der Waals surface area (Å²) >= 11 is 0. The van der Waals surface area contributed by atoms with Gasteiger partial charge in [-0.3, -0.25) is 67.3 Å². The van der Waals surface area contributed by atoms with Crippen molar-refractivity contribution < 1.29 is 67.4 Å². The van der Waals surface area contributed by atoms with Gasteiger partial charge in [0.25, 0.3) is 0 Å². The predicted octanol–water partition coefficient (Wildman–Crippen LogP) is 1.05. The number of benzene rings is 4. The maximum Gasteiger partial charge on any atom is 0.246 e. The highest BCUT2D eigenvalue weighted by Crippen LogP contribution is 2.26. The minimum atomic E-state index is -1.77. The number of hydrogen-bond donors (Lipinski definition) is 17. The second-order valence-corrected chi connectivity index (χ2v) is 32.3. The fraction of sp³-hybridized carbons (Fsp3) is 0.535. The number of nitrogens with two attached hydrogens (primary N) is 5. The van der Waals surface area contributed by atoms with Crippen LogP contribution in [0.4, 0.5) is 0 Å². The predicted molar refractivity (Wildman–Crippen MR) is 451 cm³/mol. The molecule has 3 heterocycles. The zero-order chi connectivity index (χ0) is 87.0. The van der Waals surface area contributed by atoms with E-state index in [0.717, 1.165) is 16.5 Å². The summed E-state index contributed by atoms with van der Waals surface area (Å²) in [6, 6.07) is 17.3. The number of nitrogens with zero attached hydrogens (tertiary/aromatic N) is 3. The molecule has 22 N–H and O–H groups in total. The zero-order valence-electron chi connectivity index (χ0n) is 69.7. The van der Waals surface area contributed by atoms with Crippen LogP contribution in [0.1, 0.15) is 155 Å². The van der Waals surface area contributed by atoms with Crippen molar-refractivity contribution in [3.05, 3.63) is 144 Å². The molecule has 2 fully saturated rings. The fourth-order valence-corrected chi connectivity index (χ4v) is 14.8. The molecule has 33 heteroatoms. The topological polar surface area (TPSA) is 527 Å². The third-order valence-electron chi connectivity index (χ3n) is 21.6. The zero-order valence-corrected chi connectivity index (χ0v) is 69.7. The van der Waals surface area contributed by atoms with Gasteiger partial charge >= 0.3 is 0 Å². The van der Waals surface area contributed by atoms with E-state index >= 15 is 14.4 Å². The lowest BCUT2D eigenvalue weighted by atomic mass is 9.96. The molecule has 0 saturated carbocycles. The molecule has 0 bridgehead atoms. The van der Waals surface area contributed by atoms with E-state index in [1.54, 1.807) is 87.6 Å². The SMILES string of the molecule is CC[C@H](C)[C@H](NC(=O)[C@H](CCCN=C(N)N)NC(=O)[C@H]1CCCN1C(=O)[C@H](CC(C)C)NC(=O)[C@H](Cc1ccccc1)NC(=O)[C@H](CCCCN)NC(=O)[C@H](CO)NC(=O)[C@H](Cc1ccccc1)NC(=O)[C@H](Cc1c[nH]c2ccccc12)NC(=O)[C@@H]1CCCN1C(=O)[C@@H](NC(=O)[C@@H](N)Cc1ccccc1)C(C)C)C(=O)N[C@@H](CC(C)C)C(N)=O. The third-order valence-corrected chi connectivity index (χ3v) is 21.6. The Labute approximate surface area is 696 Å². The molecule has 2 aliphatic heterocycles. The molecule has 7 rings (SSSR count). The molecule has 0 aliphatic carbocycles. The number of nitrogens with one attached hydrogen (secondary N) is 11. The second kappa shape index (κ2) is 47.3. The summed E-state index contributed by atoms with van der Waals surface area (Å²) < 4.78 is 0. The lowest BCUT2D eigenvalue weighted by molar-refractivity contribution is -0.143. The summed E-state index contributed by atoms with van der Waals surface area (Å²) in [4.78, 5) is 198. The molecule has 119 heavy (non-hydrogen) atoms. The number of aromatic amines is 1. The number of para-hydroxylation sites is 1. The van der Waals surface area contributed by atoms with Gasteiger partial charge in [-0.15, -0.1) is 0 Å². The van der Waals surface area contributed by atoms with Gasteiger partial charge in [0.2, 0.25) is 76.8 Å². The van der Waals surface area contributed by atoms with Crippen LogP contribution in [0.25, 0.3) is 10.9 Å². The number of carbonyl (C=O) groups excluding carboxylic acids is 13. The Hall–Kier alpha value is -11.3. The first kappa shape index (κ1) is 94.8. The van der Waals surface area contributed by atoms with Crippen molar-refractivity contribution in [1.82, 2.24) is 68.0 Å². The van der Waals surface area contributed by atoms with Gasteiger partial charge < -0.3 is 102 Å². The number of aliphatic hydroxyl groups is 1. The van der Waals surface area contributed by atoms with Crippen molar-refractivity contribution in [2.45, 2.75) is 237 Å². The Balaban J connectivity index is 1.09. The molecule has 0 unspecified atom stereocenters. The Morgan fingerprint density at radius 2 is 0.899 bits per heavy atom. The highest BCUT2D eigenvalue weighted by Gasteiger charge is 2.44. The van der Waals surface area contributed by atoms with Crippen LogP contribution in [0, 0.1) is 23.7 Å². The summed E-state index contributed by atoms with van der Waals surface area (Å²) in [6.07, 6.45) is 4.18. The van der Waals surface area contributed by atoms with Crippen LogP contribution in [-0.2, 0) is 88.0 Å². The van der Waals surface area contributed by atoms with E-state index in [2.05, 4.69) is 63.1 Å². The standard InChI is InChI=1S/C86H125N19O14/c1-9-53(8)72(83(117)96-63(73(89)107)42-50(2)3)103-76(110)62(35-23-39-92-86(90)91)95-81(115)69-36-24-40-104(69)84(118)67(43-51(4)5)100-77(111)64(45-55-28-15-11-16-29-55)97-75(109)61(34-21-22-38-87)94-80(114)68(49-106)101-78(112)65(46-56-30-17-12-18-31-56)98-79(113)66(47-57-48-93-60-33-20-19-32-58(57)60)99-82(116)70-37-25-41-105(70)85(119)71(52(6)7)102-74(108)59(88)44-54-26-13-10-14-27-54/h10-20,26-33,48,50-53,59,61-72,93,106H,9,21-25,34-47,49,87-88H2,1-8H3,(H2,89,107)(H,94,114)(H,95,115)(H,96,117)(H,97,109)(H,98,113)(H,99,116)(H,100,111)(H,101,112)(H,102,108)(H,103,110)(H4,90,91,92)/t53-,59-,61-,62-,63-,64-,65-,66-,67-,68-,69+,70-,71-,72-/m0/s1. The van der Waals surface area contributed by atoms with Gasteiger partial charge in [-0.1, -0.05) is 171 Å². The van der Waals surface area contributed by atoms with E-state index in [1.807, 2.05) is 89.2 Å². The van der Waals surface area contributed by atoms with E-state index in [1.165, 1.54) is 9.80 Å². The van der Waals surface area contributed by atoms with Crippen molar-refractivity contribution in [1.29, 1.82) is 0 Å². The number of carbonyl (C=O) groups is 13. The van der Waals surface area contributed by atoms with Gasteiger partial charge in [-0.2, -0.15) is 0 Å². The maximum absolute atomic E-state index is 15.2. The van der Waals surface area contributed by atoms with Crippen molar-refractivity contribution >= 4 is 93.7 Å². The number of amides is 13. The summed E-state index contributed by atoms with van der Waals surface area (Å²) in [6.45, 7) is 14.0. The molecule has 0 radical (unpaired) electrons. The van der Waals surface area contributed by atoms with Gasteiger partial charge in [0.1, 0.15) is 72.5 Å². The second-order valence-electron chi connectivity index (χ2n) is 32.3. The number of likely N-dealkylation sites (tertiary alicyclic amines) is 2. The molecular formula is C86H125N19O14. The number of hydrogen-bond acceptors (Lipinski definition) is 17. The normalized spacial score (nSPS) is 17.0. The summed E-state index contributed by atoms with van der Waals surface area (Å²) in [5.74, 6) is -11.0. The van der Waals surface area contributed by atoms with Gasteiger partial charge in [0.15, 0.2) is 5.96 Å². The van der Waals surface area contributed by atoms with Gasteiger partial charge in [0, 0.05) is 56.0 Å². The highest BCUT2D eigenvalue weighted by molar-refractivity contribution is 6.01. The first-order valence-corrected chi connectivity index (χ1v) is 41.5. The Bertz CT molecular complexity index is 4240. The fourth-order valence-electron chi connectivity index (χ4n) is 14.8. The number of fused-ring (bicyclic) bond motifs is 1. The molecular weight excluding hydrogens is 1520 g/mol. The van der Waals surface area contributed by atoms with Crippen LogP contribution in [0.3, 0.4) is 0 Å². The number of unbranched alkanes of at least 4 members (excludes halogenated alkanes) is 1. The molecule has 648 valence electrons. The molecule has 13 amide bonds. The highest BCUT2D eigenvalue weighted by atomic mass is 16.3. The van der Waals surface area contributed by atoms with E-state index < -0.39 is 174 Å². The smallest absolute Gasteiger partial charge is 0.246 e. The van der Waals surface area contributed by atoms with Gasteiger partial charge in [-0.05, 0) is 136 Å². The van der Waals surface area contributed by atoms with Crippen LogP contribution in [0.15, 0.2) is 126 Å². The molecule has 5 aromatic rings. The third kappa shape index (κ3) is 29.0. The summed E-state index contributed by atoms with van der Waals surface area (Å²) in [7, 11) is 0. The first-order chi connectivity index (χ1) is 56.8. The monoisotopic (exact) mass is 1650 g/mol. The van der Waals surface area contributed by atoms with Crippen molar-refractivity contribution in [3.63, 3.8) is 0 Å². The lowest BCUT2D eigenvalue weighted by Gasteiger charge is -2.32. The number of aliphatic imine (C=N–C) groups is 1. The molecule has 1 aromatic heterocycles. The molecule has 2 saturated heterocycles.